The van der Waals surface area contributed by atoms with Gasteiger partial charge in [-0.3, -0.25) is 4.55 Å². The van der Waals surface area contributed by atoms with Gasteiger partial charge in [0.15, 0.2) is 0 Å². The first-order valence-electron chi connectivity index (χ1n) is 8.85. The summed E-state index contributed by atoms with van der Waals surface area (Å²) in [5, 5.41) is 0. The Morgan fingerprint density at radius 2 is 1.42 bits per heavy atom. The topological polar surface area (TPSA) is 54.4 Å². The molecule has 10 heteroatoms. The van der Waals surface area contributed by atoms with Crippen LogP contribution in [0.1, 0.15) is 32.1 Å². The summed E-state index contributed by atoms with van der Waals surface area (Å²) >= 11 is 0. The molecule has 0 aromatic carbocycles. The maximum atomic E-state index is 14.6. The molecule has 0 spiro atoms. The van der Waals surface area contributed by atoms with Gasteiger partial charge in [-0.05, 0) is 67.6 Å². The quantitative estimate of drug-likeness (QED) is 0.425. The molecule has 1 N–H and O–H groups in total. The van der Waals surface area contributed by atoms with Crippen LogP contribution >= 0.6 is 0 Å². The van der Waals surface area contributed by atoms with E-state index in [0.717, 1.165) is 19.3 Å². The zero-order valence-electron chi connectivity index (χ0n) is 13.7. The van der Waals surface area contributed by atoms with E-state index in [1.54, 1.807) is 0 Å². The molecule has 0 saturated heterocycles. The van der Waals surface area contributed by atoms with Crippen molar-refractivity contribution in [3.63, 3.8) is 0 Å². The van der Waals surface area contributed by atoms with E-state index in [9.17, 15) is 34.8 Å². The lowest BCUT2D eigenvalue weighted by Gasteiger charge is -2.44. The van der Waals surface area contributed by atoms with Gasteiger partial charge in [0, 0.05) is 5.92 Å². The molecule has 0 aromatic rings. The summed E-state index contributed by atoms with van der Waals surface area (Å²) in [5.74, 6) is -21.1. The van der Waals surface area contributed by atoms with E-state index in [1.807, 2.05) is 0 Å². The minimum atomic E-state index is -5.85. The van der Waals surface area contributed by atoms with Crippen LogP contribution in [-0.4, -0.2) is 36.5 Å². The molecule has 0 radical (unpaired) electrons. The molecule has 0 aliphatic heterocycles. The number of alkyl halides is 6. The van der Waals surface area contributed by atoms with Gasteiger partial charge in [-0.2, -0.15) is 34.8 Å². The first-order valence-corrected chi connectivity index (χ1v) is 10.5. The highest BCUT2D eigenvalue weighted by molar-refractivity contribution is 7.85. The van der Waals surface area contributed by atoms with Gasteiger partial charge in [-0.15, -0.1) is 0 Å². The standard InChI is InChI=1S/C16H20F6O3S/c17-14(18,6-26(23,24)25)16(21,22)15(19,20)11-5-9-4-10(11)13-8-2-1-7(3-8)12(9)13/h7-13H,1-6H2,(H,23,24,25). The predicted molar refractivity (Wildman–Crippen MR) is 78.8 cm³/mol. The minimum Gasteiger partial charge on any atom is -0.285 e. The Bertz CT molecular complexity index is 709. The third kappa shape index (κ3) is 2.39. The second kappa shape index (κ2) is 5.30. The van der Waals surface area contributed by atoms with Crippen LogP contribution < -0.4 is 0 Å². The van der Waals surface area contributed by atoms with Crippen molar-refractivity contribution in [3.8, 4) is 0 Å². The first-order chi connectivity index (χ1) is 11.8. The molecule has 26 heavy (non-hydrogen) atoms. The summed E-state index contributed by atoms with van der Waals surface area (Å²) in [4.78, 5) is 0. The maximum absolute atomic E-state index is 14.6. The predicted octanol–water partition coefficient (Wildman–Crippen LogP) is 4.10. The fourth-order valence-corrected chi connectivity index (χ4v) is 7.42. The second-order valence-electron chi connectivity index (χ2n) is 8.62. The molecule has 4 aliphatic carbocycles. The van der Waals surface area contributed by atoms with Gasteiger partial charge < -0.3 is 0 Å². The number of fused-ring (bicyclic) bond motifs is 9. The van der Waals surface area contributed by atoms with Gasteiger partial charge >= 0.3 is 17.8 Å². The Hall–Kier alpha value is -0.510. The zero-order valence-corrected chi connectivity index (χ0v) is 14.5. The van der Waals surface area contributed by atoms with Crippen molar-refractivity contribution in [3.05, 3.63) is 0 Å². The fraction of sp³-hybridized carbons (Fsp3) is 1.00. The Morgan fingerprint density at radius 1 is 0.846 bits per heavy atom. The summed E-state index contributed by atoms with van der Waals surface area (Å²) in [6.45, 7) is 0. The summed E-state index contributed by atoms with van der Waals surface area (Å²) in [6.07, 6.45) is 2.96. The lowest BCUT2D eigenvalue weighted by atomic mass is 9.65. The maximum Gasteiger partial charge on any atom is 0.373 e. The normalized spacial score (nSPS) is 42.5. The van der Waals surface area contributed by atoms with Crippen molar-refractivity contribution in [1.82, 2.24) is 0 Å². The number of hydrogen-bond donors (Lipinski definition) is 1. The van der Waals surface area contributed by atoms with Crippen LogP contribution in [0.3, 0.4) is 0 Å². The van der Waals surface area contributed by atoms with Crippen molar-refractivity contribution >= 4 is 10.1 Å². The molecular formula is C16H20F6O3S. The van der Waals surface area contributed by atoms with Crippen molar-refractivity contribution in [2.45, 2.75) is 49.9 Å². The molecule has 7 atom stereocenters. The van der Waals surface area contributed by atoms with Gasteiger partial charge in [-0.25, -0.2) is 0 Å². The third-order valence-corrected chi connectivity index (χ3v) is 8.17. The molecule has 0 aromatic heterocycles. The molecule has 4 aliphatic rings. The van der Waals surface area contributed by atoms with E-state index in [2.05, 4.69) is 0 Å². The van der Waals surface area contributed by atoms with E-state index < -0.39 is 45.5 Å². The van der Waals surface area contributed by atoms with Crippen LogP contribution in [-0.2, 0) is 10.1 Å². The molecular weight excluding hydrogens is 386 g/mol. The molecule has 0 heterocycles. The van der Waals surface area contributed by atoms with Crippen molar-refractivity contribution in [2.75, 3.05) is 5.75 Å². The van der Waals surface area contributed by atoms with E-state index in [0.29, 0.717) is 12.3 Å². The monoisotopic (exact) mass is 406 g/mol. The van der Waals surface area contributed by atoms with Crippen LogP contribution in [0.25, 0.3) is 0 Å². The lowest BCUT2D eigenvalue weighted by molar-refractivity contribution is -0.324. The van der Waals surface area contributed by atoms with E-state index in [1.165, 1.54) is 0 Å². The Balaban J connectivity index is 1.61. The fourth-order valence-electron chi connectivity index (χ4n) is 6.78. The molecule has 4 bridgehead atoms. The van der Waals surface area contributed by atoms with Crippen LogP contribution in [0.4, 0.5) is 26.3 Å². The molecule has 0 amide bonds. The number of halogens is 6. The van der Waals surface area contributed by atoms with Gasteiger partial charge in [0.05, 0.1) is 0 Å². The van der Waals surface area contributed by atoms with Gasteiger partial charge in [0.2, 0.25) is 0 Å². The summed E-state index contributed by atoms with van der Waals surface area (Å²) < 4.78 is 115. The van der Waals surface area contributed by atoms with Crippen LogP contribution in [0.15, 0.2) is 0 Å². The van der Waals surface area contributed by atoms with E-state index in [-0.39, 0.29) is 30.1 Å². The number of hydrogen-bond acceptors (Lipinski definition) is 2. The van der Waals surface area contributed by atoms with Crippen molar-refractivity contribution < 1.29 is 39.3 Å². The highest BCUT2D eigenvalue weighted by Crippen LogP contribution is 2.71. The highest BCUT2D eigenvalue weighted by atomic mass is 32.2. The van der Waals surface area contributed by atoms with Crippen molar-refractivity contribution in [1.29, 1.82) is 0 Å². The van der Waals surface area contributed by atoms with E-state index >= 15 is 0 Å². The Kier molecular flexibility index (Phi) is 3.84. The molecule has 7 unspecified atom stereocenters. The molecule has 3 nitrogen and oxygen atoms in total. The summed E-state index contributed by atoms with van der Waals surface area (Å²) in [5.41, 5.74) is 0. The van der Waals surface area contributed by atoms with Crippen LogP contribution in [0.5, 0.6) is 0 Å². The van der Waals surface area contributed by atoms with Crippen LogP contribution in [0, 0.1) is 41.4 Å². The Labute approximate surface area is 147 Å². The Morgan fingerprint density at radius 3 is 2.00 bits per heavy atom. The minimum absolute atomic E-state index is 0.102. The summed E-state index contributed by atoms with van der Waals surface area (Å²) in [6, 6.07) is 0. The summed E-state index contributed by atoms with van der Waals surface area (Å²) in [7, 11) is -5.54. The third-order valence-electron chi connectivity index (χ3n) is 7.44. The smallest absolute Gasteiger partial charge is 0.285 e. The van der Waals surface area contributed by atoms with Gasteiger partial charge in [0.1, 0.15) is 5.75 Å². The SMILES string of the molecule is O=S(=O)(O)CC(F)(F)C(F)(F)C(F)(F)C1CC2CC1C1C3CCC(C3)C21. The first kappa shape index (κ1) is 18.8. The van der Waals surface area contributed by atoms with Gasteiger partial charge in [0.25, 0.3) is 10.1 Å². The van der Waals surface area contributed by atoms with Crippen molar-refractivity contribution in [2.24, 2.45) is 41.4 Å². The molecule has 4 rings (SSSR count). The van der Waals surface area contributed by atoms with E-state index in [4.69, 9.17) is 4.55 Å². The molecule has 150 valence electrons. The largest absolute Gasteiger partial charge is 0.373 e. The van der Waals surface area contributed by atoms with Gasteiger partial charge in [-0.1, -0.05) is 0 Å². The average molecular weight is 406 g/mol. The lowest BCUT2D eigenvalue weighted by Crippen LogP contribution is -2.61. The number of rotatable bonds is 5. The van der Waals surface area contributed by atoms with Crippen LogP contribution in [0.2, 0.25) is 0 Å². The second-order valence-corrected chi connectivity index (χ2v) is 10.1. The highest BCUT2D eigenvalue weighted by Gasteiger charge is 2.78. The molecule has 4 fully saturated rings. The average Bonchev–Trinajstić information content (AvgIpc) is 3.22. The zero-order chi connectivity index (χ0) is 19.3. The molecule has 4 saturated carbocycles.